The smallest absolute Gasteiger partial charge is 0.272 e. The number of aromatic nitrogens is 1. The largest absolute Gasteiger partial charge is 0.487 e. The zero-order valence-corrected chi connectivity index (χ0v) is 19.3. The average molecular weight is 477 g/mol. The number of hydrogen-bond acceptors (Lipinski definition) is 5. The van der Waals surface area contributed by atoms with Crippen molar-refractivity contribution >= 4 is 28.8 Å². The molecule has 0 fully saturated rings. The molecule has 0 N–H and O–H groups in total. The van der Waals surface area contributed by atoms with Gasteiger partial charge < -0.3 is 14.4 Å². The summed E-state index contributed by atoms with van der Waals surface area (Å²) in [6.07, 6.45) is 1.63. The SMILES string of the molecule is O=C(c1ccccn1)N1CCOc2c(cc(-c3cccc(Cl)c3)cc2OCc2ccsc2)C1. The van der Waals surface area contributed by atoms with Gasteiger partial charge in [0.25, 0.3) is 5.91 Å². The lowest BCUT2D eigenvalue weighted by molar-refractivity contribution is 0.0727. The number of carbonyl (C=O) groups excluding carboxylic acids is 1. The summed E-state index contributed by atoms with van der Waals surface area (Å²) in [6, 6.07) is 19.1. The molecular weight excluding hydrogens is 456 g/mol. The van der Waals surface area contributed by atoms with Crippen molar-refractivity contribution in [1.29, 1.82) is 0 Å². The first kappa shape index (κ1) is 21.5. The van der Waals surface area contributed by atoms with Gasteiger partial charge in [0.15, 0.2) is 11.5 Å². The molecule has 0 aliphatic carbocycles. The van der Waals surface area contributed by atoms with Gasteiger partial charge in [0.1, 0.15) is 18.9 Å². The van der Waals surface area contributed by atoms with Crippen molar-refractivity contribution in [2.75, 3.05) is 13.2 Å². The van der Waals surface area contributed by atoms with E-state index in [4.69, 9.17) is 21.1 Å². The quantitative estimate of drug-likeness (QED) is 0.350. The maximum atomic E-state index is 13.1. The van der Waals surface area contributed by atoms with Gasteiger partial charge in [0, 0.05) is 23.3 Å². The highest BCUT2D eigenvalue weighted by Crippen LogP contribution is 2.39. The number of hydrogen-bond donors (Lipinski definition) is 0. The van der Waals surface area contributed by atoms with Crippen molar-refractivity contribution in [3.05, 3.63) is 99.5 Å². The molecule has 1 amide bonds. The van der Waals surface area contributed by atoms with Gasteiger partial charge in [-0.2, -0.15) is 11.3 Å². The number of thiophene rings is 1. The Morgan fingerprint density at radius 1 is 1.12 bits per heavy atom. The first-order valence-corrected chi connectivity index (χ1v) is 11.9. The zero-order chi connectivity index (χ0) is 22.6. The predicted octanol–water partition coefficient (Wildman–Crippen LogP) is 6.08. The number of rotatable bonds is 5. The van der Waals surface area contributed by atoms with Gasteiger partial charge in [-0.3, -0.25) is 9.78 Å². The van der Waals surface area contributed by atoms with Crippen LogP contribution in [0.2, 0.25) is 5.02 Å². The maximum Gasteiger partial charge on any atom is 0.272 e. The summed E-state index contributed by atoms with van der Waals surface area (Å²) < 4.78 is 12.3. The van der Waals surface area contributed by atoms with Crippen LogP contribution in [-0.4, -0.2) is 28.9 Å². The summed E-state index contributed by atoms with van der Waals surface area (Å²) in [5, 5.41) is 4.75. The van der Waals surface area contributed by atoms with Crippen LogP contribution in [0.5, 0.6) is 11.5 Å². The number of halogens is 1. The van der Waals surface area contributed by atoms with Crippen molar-refractivity contribution in [2.45, 2.75) is 13.2 Å². The van der Waals surface area contributed by atoms with Gasteiger partial charge >= 0.3 is 0 Å². The number of amides is 1. The lowest BCUT2D eigenvalue weighted by Gasteiger charge is -2.20. The van der Waals surface area contributed by atoms with Gasteiger partial charge in [-0.1, -0.05) is 29.8 Å². The van der Waals surface area contributed by atoms with Crippen LogP contribution in [0.25, 0.3) is 11.1 Å². The molecule has 2 aromatic heterocycles. The Kier molecular flexibility index (Phi) is 6.28. The molecule has 5 nitrogen and oxygen atoms in total. The maximum absolute atomic E-state index is 13.1. The van der Waals surface area contributed by atoms with Crippen molar-refractivity contribution in [3.63, 3.8) is 0 Å². The highest BCUT2D eigenvalue weighted by molar-refractivity contribution is 7.07. The summed E-state index contributed by atoms with van der Waals surface area (Å²) in [4.78, 5) is 19.1. The van der Waals surface area contributed by atoms with E-state index in [0.29, 0.717) is 48.5 Å². The third kappa shape index (κ3) is 4.87. The van der Waals surface area contributed by atoms with Crippen molar-refractivity contribution < 1.29 is 14.3 Å². The van der Waals surface area contributed by atoms with Crippen molar-refractivity contribution in [3.8, 4) is 22.6 Å². The second kappa shape index (κ2) is 9.65. The highest BCUT2D eigenvalue weighted by Gasteiger charge is 2.25. The molecule has 1 aliphatic rings. The molecule has 0 unspecified atom stereocenters. The number of carbonyl (C=O) groups is 1. The molecule has 2 aromatic carbocycles. The zero-order valence-electron chi connectivity index (χ0n) is 17.7. The van der Waals surface area contributed by atoms with Gasteiger partial charge in [-0.15, -0.1) is 0 Å². The molecule has 4 aromatic rings. The second-order valence-electron chi connectivity index (χ2n) is 7.68. The fraction of sp³-hybridized carbons (Fsp3) is 0.154. The molecule has 1 aliphatic heterocycles. The molecule has 0 radical (unpaired) electrons. The first-order valence-electron chi connectivity index (χ1n) is 10.6. The van der Waals surface area contributed by atoms with Crippen molar-refractivity contribution in [1.82, 2.24) is 9.88 Å². The Morgan fingerprint density at radius 3 is 2.85 bits per heavy atom. The Morgan fingerprint density at radius 2 is 2.06 bits per heavy atom. The number of pyridine rings is 1. The molecule has 0 atom stereocenters. The van der Waals surface area contributed by atoms with E-state index in [0.717, 1.165) is 22.3 Å². The number of ether oxygens (including phenoxy) is 2. The minimum Gasteiger partial charge on any atom is -0.487 e. The summed E-state index contributed by atoms with van der Waals surface area (Å²) in [5.74, 6) is 1.20. The van der Waals surface area contributed by atoms with E-state index in [1.165, 1.54) is 0 Å². The predicted molar refractivity (Wildman–Crippen MR) is 130 cm³/mol. The van der Waals surface area contributed by atoms with Crippen LogP contribution in [0.1, 0.15) is 21.6 Å². The first-order chi connectivity index (χ1) is 16.2. The molecule has 0 spiro atoms. The van der Waals surface area contributed by atoms with E-state index in [9.17, 15) is 4.79 Å². The van der Waals surface area contributed by atoms with Gasteiger partial charge in [0.2, 0.25) is 0 Å². The fourth-order valence-corrected chi connectivity index (χ4v) is 4.63. The van der Waals surface area contributed by atoms with E-state index >= 15 is 0 Å². The normalized spacial score (nSPS) is 13.1. The minimum absolute atomic E-state index is 0.124. The molecular formula is C26H21ClN2O3S. The fourth-order valence-electron chi connectivity index (χ4n) is 3.79. The average Bonchev–Trinajstić information content (AvgIpc) is 3.27. The second-order valence-corrected chi connectivity index (χ2v) is 8.90. The Hall–Kier alpha value is -3.35. The minimum atomic E-state index is -0.124. The van der Waals surface area contributed by atoms with Gasteiger partial charge in [-0.05, 0) is 69.9 Å². The Labute approximate surface area is 201 Å². The molecule has 166 valence electrons. The van der Waals surface area contributed by atoms with Crippen LogP contribution < -0.4 is 9.47 Å². The third-order valence-corrected chi connectivity index (χ3v) is 6.37. The number of nitrogens with zero attached hydrogens (tertiary/aromatic N) is 2. The van der Waals surface area contributed by atoms with E-state index in [1.54, 1.807) is 34.6 Å². The van der Waals surface area contributed by atoms with E-state index in [2.05, 4.69) is 10.4 Å². The third-order valence-electron chi connectivity index (χ3n) is 5.40. The number of fused-ring (bicyclic) bond motifs is 1. The lowest BCUT2D eigenvalue weighted by atomic mass is 10.0. The Balaban J connectivity index is 1.52. The number of benzene rings is 2. The molecule has 0 saturated carbocycles. The van der Waals surface area contributed by atoms with Crippen molar-refractivity contribution in [2.24, 2.45) is 0 Å². The Bertz CT molecular complexity index is 1260. The van der Waals surface area contributed by atoms with Gasteiger partial charge in [-0.25, -0.2) is 0 Å². The highest BCUT2D eigenvalue weighted by atomic mass is 35.5. The molecule has 0 bridgehead atoms. The van der Waals surface area contributed by atoms with Crippen LogP contribution in [0, 0.1) is 0 Å². The summed E-state index contributed by atoms with van der Waals surface area (Å²) in [5.41, 5.74) is 4.32. The summed E-state index contributed by atoms with van der Waals surface area (Å²) >= 11 is 7.88. The van der Waals surface area contributed by atoms with Crippen LogP contribution in [0.15, 0.2) is 77.6 Å². The lowest BCUT2D eigenvalue weighted by Crippen LogP contribution is -2.32. The molecule has 3 heterocycles. The standard InChI is InChI=1S/C26H21ClN2O3S/c27-22-5-3-4-19(13-22)20-12-21-15-29(26(30)23-6-1-2-8-28-23)9-10-31-25(21)24(14-20)32-16-18-7-11-33-17-18/h1-8,11-14,17H,9-10,15-16H2. The topological polar surface area (TPSA) is 51.7 Å². The van der Waals surface area contributed by atoms with E-state index in [1.807, 2.05) is 53.9 Å². The van der Waals surface area contributed by atoms with Crippen LogP contribution in [-0.2, 0) is 13.2 Å². The molecule has 33 heavy (non-hydrogen) atoms. The van der Waals surface area contributed by atoms with Crippen LogP contribution in [0.3, 0.4) is 0 Å². The molecule has 0 saturated heterocycles. The molecule has 5 rings (SSSR count). The molecule has 7 heteroatoms. The summed E-state index contributed by atoms with van der Waals surface area (Å²) in [7, 11) is 0. The van der Waals surface area contributed by atoms with Gasteiger partial charge in [0.05, 0.1) is 6.54 Å². The van der Waals surface area contributed by atoms with E-state index in [-0.39, 0.29) is 5.91 Å². The van der Waals surface area contributed by atoms with E-state index < -0.39 is 0 Å². The van der Waals surface area contributed by atoms with Crippen LogP contribution >= 0.6 is 22.9 Å². The van der Waals surface area contributed by atoms with Crippen LogP contribution in [0.4, 0.5) is 0 Å². The monoisotopic (exact) mass is 476 g/mol. The summed E-state index contributed by atoms with van der Waals surface area (Å²) in [6.45, 7) is 1.67.